The molecule has 0 unspecified atom stereocenters. The van der Waals surface area contributed by atoms with Gasteiger partial charge in [-0.2, -0.15) is 13.9 Å². The van der Waals surface area contributed by atoms with E-state index in [1.54, 1.807) is 0 Å². The van der Waals surface area contributed by atoms with E-state index in [9.17, 15) is 45.4 Å². The molecule has 3 aliphatic carbocycles. The first kappa shape index (κ1) is 36.7. The summed E-state index contributed by atoms with van der Waals surface area (Å²) in [6, 6.07) is 6.77. The van der Waals surface area contributed by atoms with Crippen LogP contribution >= 0.6 is 0 Å². The van der Waals surface area contributed by atoms with Crippen LogP contribution < -0.4 is 11.1 Å². The molecule has 0 bridgehead atoms. The third-order valence-corrected chi connectivity index (χ3v) is 9.58. The molecule has 0 saturated heterocycles. The molecule has 2 amide bonds. The number of alkyl halides is 6. The van der Waals surface area contributed by atoms with Crippen molar-refractivity contribution in [2.75, 3.05) is 0 Å². The number of carbonyl (C=O) groups is 2. The fraction of sp³-hybridized carbons (Fsp3) is 0.297. The average Bonchev–Trinajstić information content (AvgIpc) is 3.47. The summed E-state index contributed by atoms with van der Waals surface area (Å²) >= 11 is 0. The van der Waals surface area contributed by atoms with Gasteiger partial charge in [-0.25, -0.2) is 35.7 Å². The zero-order valence-electron chi connectivity index (χ0n) is 27.5. The van der Waals surface area contributed by atoms with Gasteiger partial charge in [-0.3, -0.25) is 14.3 Å². The second-order valence-electron chi connectivity index (χ2n) is 13.5. The molecular formula is C37H26F9N5O3. The summed E-state index contributed by atoms with van der Waals surface area (Å²) in [6.45, 7) is 2.51. The Bertz CT molecular complexity index is 2300. The minimum absolute atomic E-state index is 0.0563. The van der Waals surface area contributed by atoms with Crippen LogP contribution in [-0.4, -0.2) is 43.2 Å². The van der Waals surface area contributed by atoms with Gasteiger partial charge >= 0.3 is 0 Å². The number of hydrogen-bond donors (Lipinski definition) is 3. The zero-order valence-corrected chi connectivity index (χ0v) is 27.5. The molecule has 2 aromatic carbocycles. The van der Waals surface area contributed by atoms with Crippen molar-refractivity contribution in [1.29, 1.82) is 0 Å². The van der Waals surface area contributed by atoms with Crippen LogP contribution in [0, 0.1) is 35.2 Å². The van der Waals surface area contributed by atoms with Crippen molar-refractivity contribution >= 4 is 11.8 Å². The monoisotopic (exact) mass is 759 g/mol. The second kappa shape index (κ2) is 12.8. The lowest BCUT2D eigenvalue weighted by Gasteiger charge is -2.39. The molecule has 0 spiro atoms. The highest BCUT2D eigenvalue weighted by Gasteiger charge is 2.70. The molecule has 3 aliphatic rings. The SMILES string of the molecule is C=C1[C@@H]2c3c(C(F)F)nn(CC(=O)N[C@@H](Cc4cc(F)cc(F)c4)c4nc(C#CC5(O)CC(F)(F)C5)ccc4-c4ccc(F)c(C(N)=O)c4)c3C(F)(F)[C@H]12. The van der Waals surface area contributed by atoms with Crippen molar-refractivity contribution in [2.24, 2.45) is 11.7 Å². The number of nitrogens with zero attached hydrogens (tertiary/aromatic N) is 3. The van der Waals surface area contributed by atoms with Crippen LogP contribution in [0.4, 0.5) is 39.5 Å². The highest BCUT2D eigenvalue weighted by molar-refractivity contribution is 5.94. The van der Waals surface area contributed by atoms with Crippen LogP contribution in [0.1, 0.15) is 75.5 Å². The number of carbonyl (C=O) groups excluding carboxylic acids is 2. The van der Waals surface area contributed by atoms with Crippen LogP contribution in [0.2, 0.25) is 0 Å². The Hall–Kier alpha value is -5.63. The number of halogens is 9. The normalized spacial score (nSPS) is 20.3. The van der Waals surface area contributed by atoms with Gasteiger partial charge in [-0.15, -0.1) is 0 Å². The van der Waals surface area contributed by atoms with Crippen LogP contribution in [0.5, 0.6) is 0 Å². The van der Waals surface area contributed by atoms with Crippen molar-refractivity contribution < 1.29 is 54.2 Å². The summed E-state index contributed by atoms with van der Waals surface area (Å²) < 4.78 is 130. The number of amides is 2. The van der Waals surface area contributed by atoms with Crippen LogP contribution in [-0.2, 0) is 23.7 Å². The maximum atomic E-state index is 15.4. The lowest BCUT2D eigenvalue weighted by Crippen LogP contribution is -2.50. The molecule has 2 heterocycles. The van der Waals surface area contributed by atoms with Gasteiger partial charge in [-0.1, -0.05) is 24.1 Å². The summed E-state index contributed by atoms with van der Waals surface area (Å²) in [5, 5.41) is 16.6. The van der Waals surface area contributed by atoms with Gasteiger partial charge in [-0.05, 0) is 59.9 Å². The molecule has 4 N–H and O–H groups in total. The Balaban J connectivity index is 1.32. The molecule has 0 radical (unpaired) electrons. The van der Waals surface area contributed by atoms with Gasteiger partial charge in [0.2, 0.25) is 5.91 Å². The lowest BCUT2D eigenvalue weighted by molar-refractivity contribution is -0.176. The number of hydrogen-bond acceptors (Lipinski definition) is 5. The number of primary amides is 1. The summed E-state index contributed by atoms with van der Waals surface area (Å²) in [4.78, 5) is 30.2. The summed E-state index contributed by atoms with van der Waals surface area (Å²) in [7, 11) is 0. The molecule has 2 fully saturated rings. The molecule has 280 valence electrons. The molecule has 17 heteroatoms. The molecule has 54 heavy (non-hydrogen) atoms. The predicted molar refractivity (Wildman–Crippen MR) is 172 cm³/mol. The first-order valence-electron chi connectivity index (χ1n) is 16.2. The quantitative estimate of drug-likeness (QED) is 0.104. The van der Waals surface area contributed by atoms with Gasteiger partial charge in [0.15, 0.2) is 0 Å². The van der Waals surface area contributed by atoms with Gasteiger partial charge in [0.25, 0.3) is 24.2 Å². The maximum Gasteiger partial charge on any atom is 0.297 e. The predicted octanol–water partition coefficient (Wildman–Crippen LogP) is 6.39. The minimum atomic E-state index is -3.67. The Morgan fingerprint density at radius 1 is 1.02 bits per heavy atom. The van der Waals surface area contributed by atoms with E-state index >= 15 is 8.78 Å². The number of fused-ring (bicyclic) bond motifs is 3. The van der Waals surface area contributed by atoms with E-state index in [0.717, 1.165) is 24.3 Å². The van der Waals surface area contributed by atoms with Crippen molar-refractivity contribution in [3.63, 3.8) is 0 Å². The fourth-order valence-corrected chi connectivity index (χ4v) is 7.25. The highest BCUT2D eigenvalue weighted by Crippen LogP contribution is 2.71. The van der Waals surface area contributed by atoms with Gasteiger partial charge in [0.1, 0.15) is 46.7 Å². The summed E-state index contributed by atoms with van der Waals surface area (Å²) in [6.07, 6.45) is -5.63. The number of aliphatic hydroxyl groups is 1. The Morgan fingerprint density at radius 3 is 2.33 bits per heavy atom. The summed E-state index contributed by atoms with van der Waals surface area (Å²) in [5.74, 6) is -9.74. The van der Waals surface area contributed by atoms with Crippen molar-refractivity contribution in [2.45, 2.75) is 61.6 Å². The van der Waals surface area contributed by atoms with E-state index in [1.165, 1.54) is 18.2 Å². The number of nitrogens with one attached hydrogen (secondary N) is 1. The molecule has 2 aromatic heterocycles. The topological polar surface area (TPSA) is 123 Å². The average molecular weight is 760 g/mol. The molecule has 8 nitrogen and oxygen atoms in total. The molecule has 0 aliphatic heterocycles. The van der Waals surface area contributed by atoms with E-state index < -0.39 is 119 Å². The minimum Gasteiger partial charge on any atom is -0.377 e. The van der Waals surface area contributed by atoms with Crippen molar-refractivity contribution in [1.82, 2.24) is 20.1 Å². The zero-order chi connectivity index (χ0) is 39.1. The molecule has 2 saturated carbocycles. The van der Waals surface area contributed by atoms with Crippen LogP contribution in [0.3, 0.4) is 0 Å². The number of nitrogens with two attached hydrogens (primary N) is 1. The van der Waals surface area contributed by atoms with Crippen LogP contribution in [0.15, 0.2) is 60.7 Å². The molecule has 7 rings (SSSR count). The van der Waals surface area contributed by atoms with E-state index in [-0.39, 0.29) is 33.7 Å². The highest BCUT2D eigenvalue weighted by atomic mass is 19.3. The summed E-state index contributed by atoms with van der Waals surface area (Å²) in [5.41, 5.74) is 0.320. The molecule has 3 atom stereocenters. The number of allylic oxidation sites excluding steroid dienone is 1. The smallest absolute Gasteiger partial charge is 0.297 e. The second-order valence-corrected chi connectivity index (χ2v) is 13.5. The third-order valence-electron chi connectivity index (χ3n) is 9.58. The van der Waals surface area contributed by atoms with Gasteiger partial charge < -0.3 is 16.2 Å². The standard InChI is InChI=1S/C37H26F9N5O3/c1-16-27-28-31(33(41)42)50-51(32(28)37(45,46)29(16)27)13-26(52)49-25(10-17-8-19(38)12-20(39)9-17)30-22(18-2-5-24(40)23(11-18)34(47)53)4-3-21(48-30)6-7-35(54)14-36(43,44)15-35/h2-5,8-9,11-12,25,27,29,33,54H,1,10,13-15H2,(H2,47,53)(H,49,52)/t25-,27+,29+/m0/s1. The maximum absolute atomic E-state index is 15.4. The van der Waals surface area contributed by atoms with E-state index in [0.29, 0.717) is 10.7 Å². The van der Waals surface area contributed by atoms with Gasteiger partial charge in [0.05, 0.1) is 36.1 Å². The van der Waals surface area contributed by atoms with Crippen molar-refractivity contribution in [3.05, 3.63) is 118 Å². The first-order valence-corrected chi connectivity index (χ1v) is 16.2. The van der Waals surface area contributed by atoms with E-state index in [1.807, 2.05) is 0 Å². The Labute approximate surface area is 299 Å². The number of pyridine rings is 1. The first-order chi connectivity index (χ1) is 25.3. The third kappa shape index (κ3) is 6.59. The van der Waals surface area contributed by atoms with Crippen molar-refractivity contribution in [3.8, 4) is 23.0 Å². The van der Waals surface area contributed by atoms with E-state index in [2.05, 4.69) is 33.8 Å². The lowest BCUT2D eigenvalue weighted by atomic mass is 9.77. The fourth-order valence-electron chi connectivity index (χ4n) is 7.25. The molecule has 4 aromatic rings. The van der Waals surface area contributed by atoms with Crippen LogP contribution in [0.25, 0.3) is 11.1 Å². The number of benzene rings is 2. The number of aromatic nitrogens is 3. The largest absolute Gasteiger partial charge is 0.377 e. The van der Waals surface area contributed by atoms with Gasteiger partial charge in [0, 0.05) is 23.1 Å². The number of rotatable bonds is 9. The molecular weight excluding hydrogens is 733 g/mol. The Morgan fingerprint density at radius 2 is 1.70 bits per heavy atom. The van der Waals surface area contributed by atoms with E-state index in [4.69, 9.17) is 5.73 Å². The Kier molecular flexibility index (Phi) is 8.67.